The van der Waals surface area contributed by atoms with E-state index >= 15 is 0 Å². The Morgan fingerprint density at radius 2 is 1.73 bits per heavy atom. The number of fused-ring (bicyclic) bond motifs is 1. The lowest BCUT2D eigenvalue weighted by Crippen LogP contribution is -2.46. The average Bonchev–Trinajstić information content (AvgIpc) is 3.32. The number of nitrogens with zero attached hydrogens (tertiary/aromatic N) is 1. The number of ether oxygens (including phenoxy) is 2. The van der Waals surface area contributed by atoms with Crippen molar-refractivity contribution in [3.63, 3.8) is 0 Å². The fraction of sp³-hybridized carbons (Fsp3) is 0.258. The van der Waals surface area contributed by atoms with Crippen LogP contribution in [0.2, 0.25) is 0 Å². The number of carbonyl (C=O) groups is 2. The van der Waals surface area contributed by atoms with Gasteiger partial charge < -0.3 is 29.9 Å². The SMILES string of the molecule is C[C@H](NP(=O)(OCC1OC([n+]2cccc(C(N)=O)c2)C(O)C1O)Oc1cccc2ccccc12)C(=O)OCc1ccccc1. The first-order valence-corrected chi connectivity index (χ1v) is 15.4. The van der Waals surface area contributed by atoms with Crippen LogP contribution in [0.5, 0.6) is 5.75 Å². The molecule has 1 aromatic heterocycles. The highest BCUT2D eigenvalue weighted by Crippen LogP contribution is 2.47. The minimum absolute atomic E-state index is 0.0109. The number of nitrogens with two attached hydrogens (primary N) is 1. The van der Waals surface area contributed by atoms with Crippen LogP contribution in [0, 0.1) is 0 Å². The summed E-state index contributed by atoms with van der Waals surface area (Å²) in [5.74, 6) is -1.15. The quantitative estimate of drug-likeness (QED) is 0.105. The third-order valence-corrected chi connectivity index (χ3v) is 8.67. The van der Waals surface area contributed by atoms with Crippen LogP contribution in [0.3, 0.4) is 0 Å². The van der Waals surface area contributed by atoms with Gasteiger partial charge in [-0.15, -0.1) is 0 Å². The molecule has 3 aromatic carbocycles. The van der Waals surface area contributed by atoms with Crippen molar-refractivity contribution in [3.8, 4) is 5.75 Å². The molecule has 1 amide bonds. The average molecular weight is 623 g/mol. The van der Waals surface area contributed by atoms with Gasteiger partial charge in [0.15, 0.2) is 18.5 Å². The Morgan fingerprint density at radius 1 is 1.00 bits per heavy atom. The molecule has 0 aliphatic carbocycles. The van der Waals surface area contributed by atoms with Gasteiger partial charge >= 0.3 is 13.7 Å². The number of aliphatic hydroxyl groups is 2. The van der Waals surface area contributed by atoms with Crippen LogP contribution in [0.15, 0.2) is 97.3 Å². The smallest absolute Gasteiger partial charge is 0.459 e. The summed E-state index contributed by atoms with van der Waals surface area (Å²) in [6, 6.07) is 23.5. The van der Waals surface area contributed by atoms with E-state index in [-0.39, 0.29) is 17.9 Å². The standard InChI is InChI=1S/C31H32N3O9P/c1-20(31(38)40-18-21-9-3-2-4-10-21)33-44(39,43-25-15-7-12-22-11-5-6-14-24(22)25)41-19-26-27(35)28(36)30(42-26)34-16-8-13-23(17-34)29(32)37/h2-17,20,26-28,30,35-36H,18-19H2,1H3,(H2-,32,33,37,39)/p+1/t20-,26?,27?,28?,30?,44?/m0/s1. The molecule has 0 radical (unpaired) electrons. The van der Waals surface area contributed by atoms with E-state index < -0.39 is 56.8 Å². The van der Waals surface area contributed by atoms with Gasteiger partial charge in [0.1, 0.15) is 36.2 Å². The molecule has 0 saturated carbocycles. The minimum Gasteiger partial charge on any atom is -0.460 e. The first kappa shape index (κ1) is 31.3. The van der Waals surface area contributed by atoms with E-state index in [9.17, 15) is 24.4 Å². The Labute approximate surface area is 253 Å². The number of aromatic nitrogens is 1. The number of aliphatic hydroxyl groups excluding tert-OH is 2. The van der Waals surface area contributed by atoms with Crippen LogP contribution in [-0.4, -0.2) is 53.1 Å². The molecule has 2 heterocycles. The summed E-state index contributed by atoms with van der Waals surface area (Å²) in [5, 5.41) is 25.6. The molecule has 230 valence electrons. The zero-order valence-electron chi connectivity index (χ0n) is 23.8. The monoisotopic (exact) mass is 622 g/mol. The predicted molar refractivity (Wildman–Crippen MR) is 158 cm³/mol. The van der Waals surface area contributed by atoms with Crippen LogP contribution < -0.4 is 19.9 Å². The highest BCUT2D eigenvalue weighted by atomic mass is 31.2. The van der Waals surface area contributed by atoms with Gasteiger partial charge in [-0.05, 0) is 30.0 Å². The van der Waals surface area contributed by atoms with Gasteiger partial charge in [-0.3, -0.25) is 14.1 Å². The van der Waals surface area contributed by atoms with Crippen LogP contribution in [-0.2, 0) is 30.0 Å². The van der Waals surface area contributed by atoms with Crippen molar-refractivity contribution in [1.29, 1.82) is 0 Å². The number of hydrogen-bond acceptors (Lipinski definition) is 9. The predicted octanol–water partition coefficient (Wildman–Crippen LogP) is 2.77. The molecule has 1 fully saturated rings. The van der Waals surface area contributed by atoms with Crippen molar-refractivity contribution in [1.82, 2.24) is 5.09 Å². The number of hydrogen-bond donors (Lipinski definition) is 4. The van der Waals surface area contributed by atoms with Gasteiger partial charge in [0, 0.05) is 11.5 Å². The summed E-state index contributed by atoms with van der Waals surface area (Å²) in [6.07, 6.45) is -2.22. The van der Waals surface area contributed by atoms with E-state index in [0.29, 0.717) is 5.39 Å². The number of benzene rings is 3. The number of nitrogens with one attached hydrogen (secondary N) is 1. The molecule has 1 aliphatic rings. The fourth-order valence-corrected chi connectivity index (χ4v) is 6.24. The Hall–Kier alpha value is -4.16. The van der Waals surface area contributed by atoms with Gasteiger partial charge in [-0.1, -0.05) is 66.7 Å². The lowest BCUT2D eigenvalue weighted by Gasteiger charge is -2.25. The lowest BCUT2D eigenvalue weighted by atomic mass is 10.1. The van der Waals surface area contributed by atoms with Gasteiger partial charge in [-0.25, -0.2) is 4.57 Å². The Bertz CT molecular complexity index is 1670. The molecule has 12 nitrogen and oxygen atoms in total. The topological polar surface area (TPSA) is 171 Å². The second-order valence-corrected chi connectivity index (χ2v) is 12.0. The van der Waals surface area contributed by atoms with E-state index in [1.165, 1.54) is 30.0 Å². The van der Waals surface area contributed by atoms with Gasteiger partial charge in [0.05, 0.1) is 6.61 Å². The summed E-state index contributed by atoms with van der Waals surface area (Å²) >= 11 is 0. The summed E-state index contributed by atoms with van der Waals surface area (Å²) in [5.41, 5.74) is 6.31. The molecule has 1 saturated heterocycles. The lowest BCUT2D eigenvalue weighted by molar-refractivity contribution is -0.765. The summed E-state index contributed by atoms with van der Waals surface area (Å²) in [7, 11) is -4.35. The fourth-order valence-electron chi connectivity index (χ4n) is 4.72. The molecule has 13 heteroatoms. The first-order chi connectivity index (χ1) is 21.1. The van der Waals surface area contributed by atoms with Gasteiger partial charge in [0.25, 0.3) is 12.1 Å². The maximum Gasteiger partial charge on any atom is 0.459 e. The van der Waals surface area contributed by atoms with E-state index in [0.717, 1.165) is 10.9 Å². The molecule has 5 rings (SSSR count). The number of amides is 1. The molecule has 0 bridgehead atoms. The van der Waals surface area contributed by atoms with Crippen LogP contribution in [0.25, 0.3) is 10.8 Å². The highest BCUT2D eigenvalue weighted by molar-refractivity contribution is 7.52. The number of primary amides is 1. The van der Waals surface area contributed by atoms with Crippen LogP contribution in [0.1, 0.15) is 29.1 Å². The highest BCUT2D eigenvalue weighted by Gasteiger charge is 2.49. The minimum atomic E-state index is -4.35. The molecule has 5 unspecified atom stereocenters. The molecule has 4 aromatic rings. The van der Waals surface area contributed by atoms with Crippen molar-refractivity contribution in [3.05, 3.63) is 108 Å². The molecular formula is C31H33N3O9P+. The van der Waals surface area contributed by atoms with Gasteiger partial charge in [-0.2, -0.15) is 9.65 Å². The van der Waals surface area contributed by atoms with E-state index in [1.54, 1.807) is 42.5 Å². The van der Waals surface area contributed by atoms with E-state index in [2.05, 4.69) is 5.09 Å². The van der Waals surface area contributed by atoms with Crippen molar-refractivity contribution in [2.75, 3.05) is 6.61 Å². The Kier molecular flexibility index (Phi) is 9.70. The second kappa shape index (κ2) is 13.6. The first-order valence-electron chi connectivity index (χ1n) is 13.9. The number of carbonyl (C=O) groups excluding carboxylic acids is 2. The molecule has 6 atom stereocenters. The largest absolute Gasteiger partial charge is 0.460 e. The maximum absolute atomic E-state index is 14.2. The van der Waals surface area contributed by atoms with Crippen molar-refractivity contribution in [2.45, 2.75) is 44.1 Å². The normalized spacial score (nSPS) is 21.8. The summed E-state index contributed by atoms with van der Waals surface area (Å²) in [4.78, 5) is 24.5. The van der Waals surface area contributed by atoms with E-state index in [1.807, 2.05) is 36.4 Å². The van der Waals surface area contributed by atoms with Crippen molar-refractivity contribution < 1.29 is 47.5 Å². The maximum atomic E-state index is 14.2. The van der Waals surface area contributed by atoms with Crippen molar-refractivity contribution in [2.24, 2.45) is 5.73 Å². The molecule has 0 spiro atoms. The Morgan fingerprint density at radius 3 is 2.50 bits per heavy atom. The second-order valence-electron chi connectivity index (χ2n) is 10.3. The van der Waals surface area contributed by atoms with Gasteiger partial charge in [0.2, 0.25) is 0 Å². The van der Waals surface area contributed by atoms with Crippen LogP contribution in [0.4, 0.5) is 0 Å². The molecule has 1 aliphatic heterocycles. The number of rotatable bonds is 12. The number of esters is 1. The summed E-state index contributed by atoms with van der Waals surface area (Å²) in [6.45, 7) is 0.974. The third-order valence-electron chi connectivity index (χ3n) is 7.04. The number of pyridine rings is 1. The third kappa shape index (κ3) is 7.31. The Balaban J connectivity index is 1.33. The van der Waals surface area contributed by atoms with Crippen LogP contribution >= 0.6 is 7.75 Å². The molecular weight excluding hydrogens is 589 g/mol. The zero-order valence-corrected chi connectivity index (χ0v) is 24.7. The molecule has 44 heavy (non-hydrogen) atoms. The zero-order chi connectivity index (χ0) is 31.3. The molecule has 5 N–H and O–H groups in total. The van der Waals surface area contributed by atoms with Crippen molar-refractivity contribution >= 4 is 30.4 Å². The van der Waals surface area contributed by atoms with E-state index in [4.69, 9.17) is 24.3 Å². The summed E-state index contributed by atoms with van der Waals surface area (Å²) < 4.78 is 38.5.